The largest absolute Gasteiger partial charge is 0.481 e. The Labute approximate surface area is 206 Å². The number of carbonyl (C=O) groups excluding carboxylic acids is 2. The van der Waals surface area contributed by atoms with E-state index in [2.05, 4.69) is 29.6 Å². The van der Waals surface area contributed by atoms with Gasteiger partial charge in [-0.05, 0) is 47.9 Å². The highest BCUT2D eigenvalue weighted by Gasteiger charge is 2.43. The van der Waals surface area contributed by atoms with Crippen molar-refractivity contribution in [2.45, 2.75) is 62.8 Å². The lowest BCUT2D eigenvalue weighted by Gasteiger charge is -2.39. The first-order valence-corrected chi connectivity index (χ1v) is 12.5. The van der Waals surface area contributed by atoms with Crippen molar-refractivity contribution >= 4 is 18.0 Å². The number of fused-ring (bicyclic) bond motifs is 3. The van der Waals surface area contributed by atoms with Crippen LogP contribution >= 0.6 is 0 Å². The number of carbonyl (C=O) groups is 3. The minimum atomic E-state index is -0.970. The van der Waals surface area contributed by atoms with Gasteiger partial charge in [-0.15, -0.1) is 0 Å². The molecule has 2 aliphatic carbocycles. The Morgan fingerprint density at radius 3 is 2.17 bits per heavy atom. The molecule has 0 heterocycles. The molecule has 2 N–H and O–H groups in total. The normalized spacial score (nSPS) is 16.1. The molecule has 1 saturated carbocycles. The van der Waals surface area contributed by atoms with Crippen LogP contribution in [-0.4, -0.2) is 53.7 Å². The number of hydrogen-bond donors (Lipinski definition) is 2. The zero-order valence-electron chi connectivity index (χ0n) is 20.3. The third-order valence-electron chi connectivity index (χ3n) is 7.28. The number of amides is 2. The predicted molar refractivity (Wildman–Crippen MR) is 133 cm³/mol. The van der Waals surface area contributed by atoms with Crippen molar-refractivity contribution in [1.29, 1.82) is 0 Å². The summed E-state index contributed by atoms with van der Waals surface area (Å²) in [4.78, 5) is 38.8. The average molecular weight is 479 g/mol. The summed E-state index contributed by atoms with van der Waals surface area (Å²) in [6.45, 7) is 0.662. The number of likely N-dealkylation sites (N-methyl/N-ethyl adjacent to an activating group) is 1. The molecule has 0 bridgehead atoms. The number of rotatable bonds is 9. The second kappa shape index (κ2) is 10.9. The number of unbranched alkanes of at least 4 members (excludes halogenated alkanes) is 1. The first-order valence-electron chi connectivity index (χ1n) is 12.5. The third kappa shape index (κ3) is 5.50. The Hall–Kier alpha value is -3.35. The van der Waals surface area contributed by atoms with Gasteiger partial charge in [-0.1, -0.05) is 67.8 Å². The molecule has 0 aromatic heterocycles. The van der Waals surface area contributed by atoms with Crippen LogP contribution in [0.3, 0.4) is 0 Å². The van der Waals surface area contributed by atoms with Gasteiger partial charge in [0.15, 0.2) is 0 Å². The van der Waals surface area contributed by atoms with E-state index in [9.17, 15) is 14.4 Å². The third-order valence-corrected chi connectivity index (χ3v) is 7.28. The second-order valence-electron chi connectivity index (χ2n) is 9.67. The topological polar surface area (TPSA) is 95.9 Å². The number of carboxylic acids is 1. The van der Waals surface area contributed by atoms with Crippen molar-refractivity contribution in [3.05, 3.63) is 59.7 Å². The Morgan fingerprint density at radius 2 is 1.57 bits per heavy atom. The summed E-state index contributed by atoms with van der Waals surface area (Å²) in [5.74, 6) is -0.997. The van der Waals surface area contributed by atoms with E-state index >= 15 is 0 Å². The molecule has 0 unspecified atom stereocenters. The van der Waals surface area contributed by atoms with Crippen LogP contribution in [0.5, 0.6) is 0 Å². The van der Waals surface area contributed by atoms with E-state index in [1.54, 1.807) is 11.9 Å². The van der Waals surface area contributed by atoms with Gasteiger partial charge in [0.2, 0.25) is 5.91 Å². The molecule has 7 heteroatoms. The Kier molecular flexibility index (Phi) is 7.73. The van der Waals surface area contributed by atoms with Crippen LogP contribution in [0, 0.1) is 0 Å². The highest BCUT2D eigenvalue weighted by Crippen LogP contribution is 2.44. The molecule has 2 aromatic rings. The van der Waals surface area contributed by atoms with Crippen molar-refractivity contribution in [3.8, 4) is 11.1 Å². The van der Waals surface area contributed by atoms with Crippen molar-refractivity contribution in [2.75, 3.05) is 20.2 Å². The summed E-state index contributed by atoms with van der Waals surface area (Å²) >= 11 is 0. The van der Waals surface area contributed by atoms with E-state index in [1.165, 1.54) is 11.1 Å². The minimum Gasteiger partial charge on any atom is -0.481 e. The van der Waals surface area contributed by atoms with Gasteiger partial charge in [0.05, 0.1) is 0 Å². The fourth-order valence-corrected chi connectivity index (χ4v) is 5.47. The van der Waals surface area contributed by atoms with Crippen LogP contribution in [0.2, 0.25) is 0 Å². The Morgan fingerprint density at radius 1 is 0.971 bits per heavy atom. The molecule has 4 rings (SSSR count). The maximum atomic E-state index is 13.4. The Balaban J connectivity index is 1.40. The van der Waals surface area contributed by atoms with Gasteiger partial charge in [0, 0.05) is 25.9 Å². The number of nitrogens with one attached hydrogen (secondary N) is 1. The minimum absolute atomic E-state index is 0.0388. The maximum Gasteiger partial charge on any atom is 0.408 e. The van der Waals surface area contributed by atoms with Crippen molar-refractivity contribution in [1.82, 2.24) is 10.2 Å². The quantitative estimate of drug-likeness (QED) is 0.498. The predicted octanol–water partition coefficient (Wildman–Crippen LogP) is 4.94. The van der Waals surface area contributed by atoms with E-state index < -0.39 is 17.6 Å². The first kappa shape index (κ1) is 24.8. The summed E-state index contributed by atoms with van der Waals surface area (Å²) in [5, 5.41) is 11.8. The molecule has 1 fully saturated rings. The van der Waals surface area contributed by atoms with Crippen molar-refractivity contribution in [3.63, 3.8) is 0 Å². The number of aliphatic carboxylic acids is 1. The fourth-order valence-electron chi connectivity index (χ4n) is 5.47. The lowest BCUT2D eigenvalue weighted by atomic mass is 9.80. The van der Waals surface area contributed by atoms with Crippen LogP contribution in [0.25, 0.3) is 11.1 Å². The molecule has 7 nitrogen and oxygen atoms in total. The van der Waals surface area contributed by atoms with Crippen LogP contribution in [0.4, 0.5) is 4.79 Å². The molecule has 0 saturated heterocycles. The summed E-state index contributed by atoms with van der Waals surface area (Å²) in [6.07, 6.45) is 4.56. The van der Waals surface area contributed by atoms with Crippen LogP contribution < -0.4 is 5.32 Å². The van der Waals surface area contributed by atoms with E-state index in [1.807, 2.05) is 24.3 Å². The molecular weight excluding hydrogens is 444 g/mol. The standard InChI is InChI=1S/C28H34N2O5/c1-30(18-10-7-15-25(31)32)26(33)28(16-8-2-9-17-28)29-27(34)35-19-24-22-13-5-3-11-20(22)21-12-4-6-14-23(21)24/h3-6,11-14,24H,2,7-10,15-19H2,1H3,(H,29,34)(H,31,32). The summed E-state index contributed by atoms with van der Waals surface area (Å²) in [5.41, 5.74) is 3.65. The van der Waals surface area contributed by atoms with Crippen molar-refractivity contribution in [2.24, 2.45) is 0 Å². The number of benzene rings is 2. The molecular formula is C28H34N2O5. The van der Waals surface area contributed by atoms with Crippen LogP contribution in [0.1, 0.15) is 68.4 Å². The first-order chi connectivity index (χ1) is 16.9. The highest BCUT2D eigenvalue weighted by molar-refractivity contribution is 5.90. The summed E-state index contributed by atoms with van der Waals surface area (Å²) < 4.78 is 5.74. The van der Waals surface area contributed by atoms with E-state index in [0.717, 1.165) is 30.4 Å². The average Bonchev–Trinajstić information content (AvgIpc) is 3.19. The van der Waals surface area contributed by atoms with Gasteiger partial charge in [-0.25, -0.2) is 4.79 Å². The van der Waals surface area contributed by atoms with Gasteiger partial charge >= 0.3 is 12.1 Å². The monoisotopic (exact) mass is 478 g/mol. The second-order valence-corrected chi connectivity index (χ2v) is 9.67. The molecule has 2 amide bonds. The zero-order chi connectivity index (χ0) is 24.8. The molecule has 0 aliphatic heterocycles. The maximum absolute atomic E-state index is 13.4. The van der Waals surface area contributed by atoms with E-state index in [0.29, 0.717) is 32.2 Å². The number of ether oxygens (including phenoxy) is 1. The number of hydrogen-bond acceptors (Lipinski definition) is 4. The van der Waals surface area contributed by atoms with Crippen LogP contribution in [0.15, 0.2) is 48.5 Å². The molecule has 2 aliphatic rings. The van der Waals surface area contributed by atoms with Crippen LogP contribution in [-0.2, 0) is 14.3 Å². The van der Waals surface area contributed by atoms with Crippen molar-refractivity contribution < 1.29 is 24.2 Å². The van der Waals surface area contributed by atoms with Gasteiger partial charge in [-0.3, -0.25) is 9.59 Å². The lowest BCUT2D eigenvalue weighted by molar-refractivity contribution is -0.138. The Bertz CT molecular complexity index is 1030. The van der Waals surface area contributed by atoms with E-state index in [4.69, 9.17) is 9.84 Å². The molecule has 35 heavy (non-hydrogen) atoms. The number of carboxylic acid groups (broad SMARTS) is 1. The molecule has 0 atom stereocenters. The molecule has 0 spiro atoms. The smallest absolute Gasteiger partial charge is 0.408 e. The van der Waals surface area contributed by atoms with Gasteiger partial charge in [0.1, 0.15) is 12.1 Å². The van der Waals surface area contributed by atoms with Gasteiger partial charge in [-0.2, -0.15) is 0 Å². The fraction of sp³-hybridized carbons (Fsp3) is 0.464. The molecule has 0 radical (unpaired) electrons. The van der Waals surface area contributed by atoms with Gasteiger partial charge in [0.25, 0.3) is 0 Å². The molecule has 186 valence electrons. The zero-order valence-corrected chi connectivity index (χ0v) is 20.3. The number of alkyl carbamates (subject to hydrolysis) is 1. The SMILES string of the molecule is CN(CCCCC(=O)O)C(=O)C1(NC(=O)OCC2c3ccccc3-c3ccccc32)CCCCC1. The molecule has 2 aromatic carbocycles. The summed E-state index contributed by atoms with van der Waals surface area (Å²) in [7, 11) is 1.72. The number of nitrogens with zero attached hydrogens (tertiary/aromatic N) is 1. The van der Waals surface area contributed by atoms with Gasteiger partial charge < -0.3 is 20.1 Å². The highest BCUT2D eigenvalue weighted by atomic mass is 16.5. The lowest BCUT2D eigenvalue weighted by Crippen LogP contribution is -2.60. The summed E-state index contributed by atoms with van der Waals surface area (Å²) in [6, 6.07) is 16.4. The van der Waals surface area contributed by atoms with E-state index in [-0.39, 0.29) is 24.9 Å².